The van der Waals surface area contributed by atoms with Crippen LogP contribution < -0.4 is 5.48 Å². The molecule has 1 amide bonds. The summed E-state index contributed by atoms with van der Waals surface area (Å²) in [5.74, 6) is -3.48. The van der Waals surface area contributed by atoms with Crippen LogP contribution in [-0.4, -0.2) is 34.9 Å². The number of nitrogens with one attached hydrogen (secondary N) is 2. The van der Waals surface area contributed by atoms with Gasteiger partial charge in [-0.05, 0) is 25.0 Å². The van der Waals surface area contributed by atoms with Gasteiger partial charge >= 0.3 is 5.97 Å². The number of rotatable bonds is 7. The van der Waals surface area contributed by atoms with Gasteiger partial charge in [-0.3, -0.25) is 9.63 Å². The lowest BCUT2D eigenvalue weighted by Gasteiger charge is -2.25. The van der Waals surface area contributed by atoms with Crippen LogP contribution in [0.25, 0.3) is 16.5 Å². The molecule has 3 N–H and O–H groups in total. The Morgan fingerprint density at radius 2 is 2.07 bits per heavy atom. The Kier molecular flexibility index (Phi) is 5.34. The Hall–Kier alpha value is -2.64. The van der Waals surface area contributed by atoms with Crippen molar-refractivity contribution in [1.29, 1.82) is 0 Å². The van der Waals surface area contributed by atoms with Crippen molar-refractivity contribution in [3.8, 4) is 0 Å². The lowest BCUT2D eigenvalue weighted by Crippen LogP contribution is -2.31. The number of aromatic nitrogens is 1. The van der Waals surface area contributed by atoms with Crippen LogP contribution in [0.4, 0.5) is 0 Å². The van der Waals surface area contributed by atoms with E-state index in [-0.39, 0.29) is 17.6 Å². The summed E-state index contributed by atoms with van der Waals surface area (Å²) in [4.78, 5) is 32.8. The molecule has 0 bridgehead atoms. The maximum atomic E-state index is 12.5. The minimum absolute atomic E-state index is 0.159. The fraction of sp³-hybridized carbons (Fsp3) is 0.400. The van der Waals surface area contributed by atoms with Gasteiger partial charge in [0.25, 0.3) is 5.91 Å². The van der Waals surface area contributed by atoms with E-state index in [4.69, 9.17) is 4.74 Å². The number of hydrogen-bond donors (Lipinski definition) is 3. The average molecular weight is 372 g/mol. The van der Waals surface area contributed by atoms with Crippen LogP contribution in [0.1, 0.15) is 43.9 Å². The average Bonchev–Trinajstić information content (AvgIpc) is 3.09. The highest BCUT2D eigenvalue weighted by Crippen LogP contribution is 2.43. The molecule has 1 atom stereocenters. The number of ether oxygens (including phenoxy) is 1. The van der Waals surface area contributed by atoms with Crippen LogP contribution in [0.2, 0.25) is 0 Å². The van der Waals surface area contributed by atoms with Gasteiger partial charge in [0.05, 0.1) is 18.4 Å². The van der Waals surface area contributed by atoms with Crippen molar-refractivity contribution in [3.05, 3.63) is 41.1 Å². The van der Waals surface area contributed by atoms with E-state index < -0.39 is 17.7 Å². The van der Waals surface area contributed by atoms with Crippen LogP contribution in [0.5, 0.6) is 0 Å². The van der Waals surface area contributed by atoms with E-state index in [1.807, 2.05) is 38.1 Å². The Balaban J connectivity index is 2.19. The first-order valence-corrected chi connectivity index (χ1v) is 9.04. The monoisotopic (exact) mass is 372 g/mol. The van der Waals surface area contributed by atoms with E-state index in [0.29, 0.717) is 12.1 Å². The predicted octanol–water partition coefficient (Wildman–Crippen LogP) is 2.73. The van der Waals surface area contributed by atoms with E-state index >= 15 is 0 Å². The molecule has 7 heteroatoms. The largest absolute Gasteiger partial charge is 0.425 e. The number of esters is 1. The minimum atomic E-state index is -1.86. The van der Waals surface area contributed by atoms with E-state index in [9.17, 15) is 14.7 Å². The quantitative estimate of drug-likeness (QED) is 0.300. The van der Waals surface area contributed by atoms with Gasteiger partial charge in [-0.2, -0.15) is 0 Å². The number of carbonyl (C=O) groups is 2. The molecule has 27 heavy (non-hydrogen) atoms. The highest BCUT2D eigenvalue weighted by molar-refractivity contribution is 6.25. The summed E-state index contributed by atoms with van der Waals surface area (Å²) < 4.78 is 5.30. The minimum Gasteiger partial charge on any atom is -0.425 e. The van der Waals surface area contributed by atoms with Crippen LogP contribution in [0.3, 0.4) is 0 Å². The summed E-state index contributed by atoms with van der Waals surface area (Å²) in [5, 5.41) is 12.1. The van der Waals surface area contributed by atoms with Crippen molar-refractivity contribution < 1.29 is 24.3 Å². The number of unbranched alkanes of at least 4 members (excludes halogenated alkanes) is 2. The third-order valence-corrected chi connectivity index (χ3v) is 4.86. The van der Waals surface area contributed by atoms with Gasteiger partial charge in [0.2, 0.25) is 5.79 Å². The van der Waals surface area contributed by atoms with Crippen molar-refractivity contribution in [2.45, 2.75) is 45.3 Å². The molecule has 0 fully saturated rings. The summed E-state index contributed by atoms with van der Waals surface area (Å²) in [7, 11) is 1.28. The van der Waals surface area contributed by atoms with Gasteiger partial charge in [-0.1, -0.05) is 38.0 Å². The van der Waals surface area contributed by atoms with Gasteiger partial charge in [0.1, 0.15) is 5.57 Å². The molecule has 1 aliphatic rings. The number of aromatic amines is 1. The number of H-pyrrole nitrogens is 1. The van der Waals surface area contributed by atoms with E-state index in [0.717, 1.165) is 29.3 Å². The third kappa shape index (κ3) is 3.36. The Labute approximate surface area is 157 Å². The van der Waals surface area contributed by atoms with E-state index in [1.54, 1.807) is 0 Å². The fourth-order valence-corrected chi connectivity index (χ4v) is 3.55. The number of benzene rings is 1. The number of para-hydroxylation sites is 1. The molecule has 0 spiro atoms. The summed E-state index contributed by atoms with van der Waals surface area (Å²) in [6.07, 6.45) is 2.69. The standard InChI is InChI=1S/C20H24N2O5/c1-4-5-8-11-20(25)16(15(19(24)27-20)18(23)22-26-3)17-12(2)13-9-6-7-10-14(13)21-17/h6-7,9-10,21,25H,4-5,8,11H2,1-3H3,(H,22,23). The molecule has 1 aromatic carbocycles. The zero-order valence-electron chi connectivity index (χ0n) is 15.7. The SMILES string of the molecule is CCCCCC1(O)OC(=O)C(C(=O)NOC)=C1c1[nH]c2ccccc2c1C. The number of carbonyl (C=O) groups excluding carboxylic acids is 2. The molecular weight excluding hydrogens is 348 g/mol. The number of fused-ring (bicyclic) bond motifs is 1. The number of aliphatic hydroxyl groups is 1. The summed E-state index contributed by atoms with van der Waals surface area (Å²) in [5.41, 5.74) is 4.26. The summed E-state index contributed by atoms with van der Waals surface area (Å²) in [6, 6.07) is 7.63. The molecule has 144 valence electrons. The number of hydroxylamine groups is 1. The number of hydrogen-bond acceptors (Lipinski definition) is 5. The molecular formula is C20H24N2O5. The maximum absolute atomic E-state index is 12.5. The van der Waals surface area contributed by atoms with Gasteiger partial charge in [0, 0.05) is 17.3 Å². The Morgan fingerprint density at radius 3 is 2.74 bits per heavy atom. The van der Waals surface area contributed by atoms with E-state index in [1.165, 1.54) is 7.11 Å². The van der Waals surface area contributed by atoms with Crippen molar-refractivity contribution >= 4 is 28.4 Å². The van der Waals surface area contributed by atoms with Crippen LogP contribution in [0, 0.1) is 6.92 Å². The van der Waals surface area contributed by atoms with Crippen LogP contribution in [0.15, 0.2) is 29.8 Å². The maximum Gasteiger partial charge on any atom is 0.347 e. The number of cyclic esters (lactones) is 1. The highest BCUT2D eigenvalue weighted by Gasteiger charge is 2.50. The lowest BCUT2D eigenvalue weighted by molar-refractivity contribution is -0.178. The number of amides is 1. The topological polar surface area (TPSA) is 101 Å². The smallest absolute Gasteiger partial charge is 0.347 e. The van der Waals surface area contributed by atoms with Crippen LogP contribution in [-0.2, 0) is 19.2 Å². The van der Waals surface area contributed by atoms with Crippen molar-refractivity contribution in [2.75, 3.05) is 7.11 Å². The molecule has 0 radical (unpaired) electrons. The van der Waals surface area contributed by atoms with Gasteiger partial charge in [0.15, 0.2) is 0 Å². The molecule has 7 nitrogen and oxygen atoms in total. The van der Waals surface area contributed by atoms with Crippen LogP contribution >= 0.6 is 0 Å². The molecule has 1 aliphatic heterocycles. The van der Waals surface area contributed by atoms with Gasteiger partial charge in [-0.15, -0.1) is 0 Å². The first kappa shape index (κ1) is 19.1. The Bertz CT molecular complexity index is 914. The summed E-state index contributed by atoms with van der Waals surface area (Å²) in [6.45, 7) is 3.92. The second-order valence-corrected chi connectivity index (χ2v) is 6.69. The molecule has 3 rings (SSSR count). The number of aryl methyl sites for hydroxylation is 1. The second kappa shape index (κ2) is 7.54. The molecule has 0 aliphatic carbocycles. The second-order valence-electron chi connectivity index (χ2n) is 6.69. The molecule has 0 saturated carbocycles. The zero-order chi connectivity index (χ0) is 19.6. The van der Waals surface area contributed by atoms with E-state index in [2.05, 4.69) is 15.3 Å². The third-order valence-electron chi connectivity index (χ3n) is 4.86. The molecule has 2 heterocycles. The first-order chi connectivity index (χ1) is 12.9. The highest BCUT2D eigenvalue weighted by atomic mass is 16.7. The fourth-order valence-electron chi connectivity index (χ4n) is 3.55. The molecule has 1 aromatic heterocycles. The zero-order valence-corrected chi connectivity index (χ0v) is 15.7. The Morgan fingerprint density at radius 1 is 1.33 bits per heavy atom. The predicted molar refractivity (Wildman–Crippen MR) is 100 cm³/mol. The summed E-state index contributed by atoms with van der Waals surface area (Å²) >= 11 is 0. The van der Waals surface area contributed by atoms with Gasteiger partial charge in [-0.25, -0.2) is 10.3 Å². The molecule has 0 saturated heterocycles. The lowest BCUT2D eigenvalue weighted by atomic mass is 9.92. The normalized spacial score (nSPS) is 19.6. The van der Waals surface area contributed by atoms with Crippen molar-refractivity contribution in [1.82, 2.24) is 10.5 Å². The van der Waals surface area contributed by atoms with Crippen molar-refractivity contribution in [3.63, 3.8) is 0 Å². The first-order valence-electron chi connectivity index (χ1n) is 9.04. The van der Waals surface area contributed by atoms with Crippen molar-refractivity contribution in [2.24, 2.45) is 0 Å². The molecule has 2 aromatic rings. The molecule has 1 unspecified atom stereocenters. The van der Waals surface area contributed by atoms with Gasteiger partial charge < -0.3 is 14.8 Å².